The normalized spacial score (nSPS) is 9.40. The minimum absolute atomic E-state index is 0.520. The summed E-state index contributed by atoms with van der Waals surface area (Å²) in [6.07, 6.45) is 0. The smallest absolute Gasteiger partial charge is 0.167 e. The third kappa shape index (κ3) is 1.88. The first-order valence-corrected chi connectivity index (χ1v) is 2.99. The lowest BCUT2D eigenvalue weighted by Gasteiger charge is -1.97. The molecule has 0 aliphatic rings. The lowest BCUT2D eigenvalue weighted by molar-refractivity contribution is -0.211. The van der Waals surface area contributed by atoms with Gasteiger partial charge in [0.2, 0.25) is 0 Å². The van der Waals surface area contributed by atoms with Gasteiger partial charge in [0.25, 0.3) is 0 Å². The molecule has 0 saturated carbocycles. The molecule has 0 aromatic heterocycles. The molecule has 1 aromatic carbocycles. The lowest BCUT2D eigenvalue weighted by atomic mass is 10.3. The molecule has 0 heterocycles. The molecule has 3 nitrogen and oxygen atoms in total. The van der Waals surface area contributed by atoms with Crippen LogP contribution in [0.2, 0.25) is 5.02 Å². The molecule has 1 rings (SSSR count). The Labute approximate surface area is 63.2 Å². The molecule has 0 radical (unpaired) electrons. The van der Waals surface area contributed by atoms with Gasteiger partial charge < -0.3 is 4.89 Å². The van der Waals surface area contributed by atoms with Crippen molar-refractivity contribution in [1.82, 2.24) is 0 Å². The summed E-state index contributed by atoms with van der Waals surface area (Å²) >= 11 is 5.58. The zero-order chi connectivity index (χ0) is 7.40. The van der Waals surface area contributed by atoms with E-state index in [2.05, 4.69) is 15.8 Å². The fourth-order valence-corrected chi connectivity index (χ4v) is 0.672. The number of benzene rings is 1. The Morgan fingerprint density at radius 3 is 2.30 bits per heavy atom. The van der Waals surface area contributed by atoms with Gasteiger partial charge in [-0.15, -0.1) is 0 Å². The maximum atomic E-state index is 5.58. The molecule has 0 aliphatic carbocycles. The summed E-state index contributed by atoms with van der Waals surface area (Å²) in [5.74, 6) is 5.16. The second-order valence-electron chi connectivity index (χ2n) is 1.63. The first-order valence-electron chi connectivity index (χ1n) is 2.62. The van der Waals surface area contributed by atoms with Crippen LogP contribution in [0.25, 0.3) is 0 Å². The third-order valence-electron chi connectivity index (χ3n) is 0.958. The highest BCUT2D eigenvalue weighted by atomic mass is 35.5. The van der Waals surface area contributed by atoms with E-state index in [0.717, 1.165) is 0 Å². The second kappa shape index (κ2) is 3.41. The van der Waals surface area contributed by atoms with Gasteiger partial charge in [-0.25, -0.2) is 0 Å². The van der Waals surface area contributed by atoms with Crippen LogP contribution in [0.1, 0.15) is 0 Å². The Hall–Kier alpha value is -0.770. The highest BCUT2D eigenvalue weighted by Gasteiger charge is 1.91. The van der Waals surface area contributed by atoms with Crippen LogP contribution in [-0.2, 0) is 4.99 Å². The summed E-state index contributed by atoms with van der Waals surface area (Å²) in [5, 5.41) is 0.643. The zero-order valence-electron chi connectivity index (χ0n) is 5.08. The average molecular weight is 160 g/mol. The van der Waals surface area contributed by atoms with Gasteiger partial charge in [-0.05, 0) is 24.3 Å². The molecule has 0 unspecified atom stereocenters. The molecule has 1 aromatic rings. The van der Waals surface area contributed by atoms with Gasteiger partial charge in [-0.2, -0.15) is 5.90 Å². The third-order valence-corrected chi connectivity index (χ3v) is 1.21. The number of nitrogens with two attached hydrogens (primary N) is 1. The van der Waals surface area contributed by atoms with Crippen LogP contribution in [0.4, 0.5) is 0 Å². The Kier molecular flexibility index (Phi) is 2.50. The van der Waals surface area contributed by atoms with Crippen molar-refractivity contribution >= 4 is 11.6 Å². The number of hydrogen-bond donors (Lipinski definition) is 1. The quantitative estimate of drug-likeness (QED) is 0.526. The van der Waals surface area contributed by atoms with Crippen molar-refractivity contribution < 1.29 is 9.88 Å². The summed E-state index contributed by atoms with van der Waals surface area (Å²) in [7, 11) is 0. The molecule has 2 N–H and O–H groups in total. The van der Waals surface area contributed by atoms with Crippen molar-refractivity contribution in [2.45, 2.75) is 0 Å². The van der Waals surface area contributed by atoms with Gasteiger partial charge in [-0.1, -0.05) is 16.6 Å². The van der Waals surface area contributed by atoms with E-state index in [1.807, 2.05) is 0 Å². The van der Waals surface area contributed by atoms with E-state index in [1.54, 1.807) is 24.3 Å². The van der Waals surface area contributed by atoms with Gasteiger partial charge in [0, 0.05) is 5.02 Å². The molecule has 0 bridgehead atoms. The van der Waals surface area contributed by atoms with E-state index >= 15 is 0 Å². The highest BCUT2D eigenvalue weighted by molar-refractivity contribution is 6.30. The molecule has 0 atom stereocenters. The molecule has 10 heavy (non-hydrogen) atoms. The molecule has 54 valence electrons. The van der Waals surface area contributed by atoms with Gasteiger partial charge in [0.15, 0.2) is 5.75 Å². The SMILES string of the molecule is NOOc1ccc(Cl)cc1. The topological polar surface area (TPSA) is 44.5 Å². The van der Waals surface area contributed by atoms with Crippen LogP contribution in [-0.4, -0.2) is 0 Å². The predicted octanol–water partition coefficient (Wildman–Crippen LogP) is 1.52. The summed E-state index contributed by atoms with van der Waals surface area (Å²) < 4.78 is 0. The molecule has 0 aliphatic heterocycles. The Balaban J connectivity index is 2.69. The number of halogens is 1. The van der Waals surface area contributed by atoms with E-state index in [0.29, 0.717) is 10.8 Å². The van der Waals surface area contributed by atoms with Crippen LogP contribution < -0.4 is 10.8 Å². The maximum Gasteiger partial charge on any atom is 0.167 e. The van der Waals surface area contributed by atoms with Crippen molar-refractivity contribution in [3.05, 3.63) is 29.3 Å². The van der Waals surface area contributed by atoms with Gasteiger partial charge >= 0.3 is 0 Å². The molecule has 0 saturated heterocycles. The standard InChI is InChI=1S/C6H6ClNO2/c7-5-1-3-6(4-2-5)9-10-8/h1-4H,8H2. The van der Waals surface area contributed by atoms with Crippen LogP contribution in [0.5, 0.6) is 5.75 Å². The van der Waals surface area contributed by atoms with Crippen molar-refractivity contribution in [2.24, 2.45) is 5.90 Å². The zero-order valence-corrected chi connectivity index (χ0v) is 5.84. The fourth-order valence-electron chi connectivity index (χ4n) is 0.546. The number of hydrogen-bond acceptors (Lipinski definition) is 3. The van der Waals surface area contributed by atoms with E-state index in [1.165, 1.54) is 0 Å². The van der Waals surface area contributed by atoms with Crippen molar-refractivity contribution in [2.75, 3.05) is 0 Å². The fraction of sp³-hybridized carbons (Fsp3) is 0. The predicted molar refractivity (Wildman–Crippen MR) is 37.4 cm³/mol. The van der Waals surface area contributed by atoms with Crippen molar-refractivity contribution in [3.8, 4) is 5.75 Å². The molecular weight excluding hydrogens is 154 g/mol. The molecular formula is C6H6ClNO2. The van der Waals surface area contributed by atoms with Gasteiger partial charge in [0.05, 0.1) is 0 Å². The summed E-state index contributed by atoms with van der Waals surface area (Å²) in [6.45, 7) is 0. The van der Waals surface area contributed by atoms with Crippen LogP contribution in [0.3, 0.4) is 0 Å². The Bertz CT molecular complexity index is 199. The highest BCUT2D eigenvalue weighted by Crippen LogP contribution is 2.14. The Morgan fingerprint density at radius 2 is 1.80 bits per heavy atom. The monoisotopic (exact) mass is 159 g/mol. The van der Waals surface area contributed by atoms with E-state index in [9.17, 15) is 0 Å². The second-order valence-corrected chi connectivity index (χ2v) is 2.07. The van der Waals surface area contributed by atoms with Crippen molar-refractivity contribution in [3.63, 3.8) is 0 Å². The minimum Gasteiger partial charge on any atom is -0.320 e. The van der Waals surface area contributed by atoms with E-state index in [4.69, 9.17) is 11.6 Å². The molecule has 0 fully saturated rings. The largest absolute Gasteiger partial charge is 0.320 e. The summed E-state index contributed by atoms with van der Waals surface area (Å²) in [5.41, 5.74) is 0. The lowest BCUT2D eigenvalue weighted by Crippen LogP contribution is -2.02. The minimum atomic E-state index is 0.520. The van der Waals surface area contributed by atoms with Crippen LogP contribution >= 0.6 is 11.6 Å². The molecule has 0 amide bonds. The first kappa shape index (κ1) is 7.34. The Morgan fingerprint density at radius 1 is 1.20 bits per heavy atom. The van der Waals surface area contributed by atoms with Gasteiger partial charge in [0.1, 0.15) is 0 Å². The number of rotatable bonds is 2. The van der Waals surface area contributed by atoms with Crippen LogP contribution in [0, 0.1) is 0 Å². The first-order chi connectivity index (χ1) is 4.83. The maximum absolute atomic E-state index is 5.58. The van der Waals surface area contributed by atoms with Crippen LogP contribution in [0.15, 0.2) is 24.3 Å². The summed E-state index contributed by atoms with van der Waals surface area (Å²) in [6, 6.07) is 6.65. The average Bonchev–Trinajstić information content (AvgIpc) is 1.95. The summed E-state index contributed by atoms with van der Waals surface area (Å²) in [4.78, 5) is 8.40. The van der Waals surface area contributed by atoms with E-state index in [-0.39, 0.29) is 0 Å². The van der Waals surface area contributed by atoms with Crippen molar-refractivity contribution in [1.29, 1.82) is 0 Å². The van der Waals surface area contributed by atoms with E-state index < -0.39 is 0 Å². The van der Waals surface area contributed by atoms with Gasteiger partial charge in [-0.3, -0.25) is 0 Å². The molecule has 4 heteroatoms. The molecule has 0 spiro atoms.